The molecule has 11 heteroatoms. The Kier molecular flexibility index (Phi) is 4.92. The molecular formula is C6H4Cl2F8O. The lowest BCUT2D eigenvalue weighted by Gasteiger charge is -2.24. The van der Waals surface area contributed by atoms with Gasteiger partial charge in [0.25, 0.3) is 0 Å². The van der Waals surface area contributed by atoms with Crippen LogP contribution < -0.4 is 0 Å². The quantitative estimate of drug-likeness (QED) is 0.564. The van der Waals surface area contributed by atoms with Crippen LogP contribution in [0, 0.1) is 0 Å². The maximum Gasteiger partial charge on any atom is 0.439 e. The van der Waals surface area contributed by atoms with E-state index in [9.17, 15) is 35.1 Å². The van der Waals surface area contributed by atoms with E-state index in [4.69, 9.17) is 0 Å². The predicted octanol–water partition coefficient (Wildman–Crippen LogP) is 3.94. The van der Waals surface area contributed by atoms with Crippen molar-refractivity contribution in [1.82, 2.24) is 0 Å². The van der Waals surface area contributed by atoms with Gasteiger partial charge < -0.3 is 4.74 Å². The molecule has 0 saturated heterocycles. The van der Waals surface area contributed by atoms with Crippen LogP contribution in [0.15, 0.2) is 0 Å². The smallest absolute Gasteiger partial charge is 0.371 e. The summed E-state index contributed by atoms with van der Waals surface area (Å²) in [7, 11) is 0. The van der Waals surface area contributed by atoms with Crippen molar-refractivity contribution in [3.05, 3.63) is 0 Å². The average Bonchev–Trinajstić information content (AvgIpc) is 1.98. The van der Waals surface area contributed by atoms with Gasteiger partial charge in [0, 0.05) is 0 Å². The van der Waals surface area contributed by atoms with Gasteiger partial charge in [-0.3, -0.25) is 0 Å². The molecular weight excluding hydrogens is 311 g/mol. The lowest BCUT2D eigenvalue weighted by molar-refractivity contribution is -0.232. The van der Waals surface area contributed by atoms with Gasteiger partial charge in [0.2, 0.25) is 0 Å². The predicted molar refractivity (Wildman–Crippen MR) is 42.3 cm³/mol. The molecule has 0 bridgehead atoms. The first kappa shape index (κ1) is 17.0. The molecule has 0 saturated carbocycles. The molecule has 2 unspecified atom stereocenters. The fraction of sp³-hybridized carbons (Fsp3) is 1.00. The minimum Gasteiger partial charge on any atom is -0.371 e. The van der Waals surface area contributed by atoms with Crippen LogP contribution in [0.5, 0.6) is 0 Å². The van der Waals surface area contributed by atoms with Gasteiger partial charge in [0.1, 0.15) is 13.2 Å². The van der Waals surface area contributed by atoms with E-state index in [-0.39, 0.29) is 0 Å². The van der Waals surface area contributed by atoms with Gasteiger partial charge in [-0.25, -0.2) is 8.78 Å². The molecule has 0 aliphatic heterocycles. The maximum atomic E-state index is 12.5. The lowest BCUT2D eigenvalue weighted by Crippen LogP contribution is -2.44. The number of hydrogen-bond acceptors (Lipinski definition) is 1. The molecule has 0 aromatic rings. The second-order valence-electron chi connectivity index (χ2n) is 2.90. The Bertz CT molecular complexity index is 232. The molecule has 0 aliphatic carbocycles. The fourth-order valence-corrected chi connectivity index (χ4v) is 0.625. The second-order valence-corrected chi connectivity index (χ2v) is 4.10. The van der Waals surface area contributed by atoms with Crippen LogP contribution in [0.25, 0.3) is 0 Å². The third kappa shape index (κ3) is 4.63. The van der Waals surface area contributed by atoms with Crippen molar-refractivity contribution in [2.24, 2.45) is 0 Å². The highest BCUT2D eigenvalue weighted by molar-refractivity contribution is 6.24. The van der Waals surface area contributed by atoms with Gasteiger partial charge in [-0.2, -0.15) is 26.3 Å². The van der Waals surface area contributed by atoms with E-state index in [0.717, 1.165) is 0 Å². The molecule has 0 fully saturated rings. The molecule has 2 atom stereocenters. The molecule has 0 aliphatic rings. The van der Waals surface area contributed by atoms with Crippen LogP contribution >= 0.6 is 23.2 Å². The van der Waals surface area contributed by atoms with Crippen LogP contribution in [-0.2, 0) is 4.74 Å². The number of rotatable bonds is 4. The zero-order chi connectivity index (χ0) is 14.1. The topological polar surface area (TPSA) is 9.23 Å². The Morgan fingerprint density at radius 1 is 0.647 bits per heavy atom. The monoisotopic (exact) mass is 314 g/mol. The van der Waals surface area contributed by atoms with Gasteiger partial charge in [-0.15, -0.1) is 0 Å². The van der Waals surface area contributed by atoms with Crippen molar-refractivity contribution < 1.29 is 39.9 Å². The van der Waals surface area contributed by atoms with Crippen LogP contribution in [0.2, 0.25) is 0 Å². The van der Waals surface area contributed by atoms with E-state index in [1.165, 1.54) is 0 Å². The first-order valence-corrected chi connectivity index (χ1v) is 4.43. The van der Waals surface area contributed by atoms with Crippen molar-refractivity contribution in [3.8, 4) is 0 Å². The van der Waals surface area contributed by atoms with Crippen LogP contribution in [0.3, 0.4) is 0 Å². The van der Waals surface area contributed by atoms with E-state index >= 15 is 0 Å². The normalized spacial score (nSPS) is 20.8. The zero-order valence-corrected chi connectivity index (χ0v) is 9.11. The highest BCUT2D eigenvalue weighted by atomic mass is 35.5. The fourth-order valence-electron chi connectivity index (χ4n) is 0.471. The van der Waals surface area contributed by atoms with E-state index in [0.29, 0.717) is 0 Å². The molecule has 0 aromatic carbocycles. The lowest BCUT2D eigenvalue weighted by atomic mass is 10.3. The van der Waals surface area contributed by atoms with Crippen molar-refractivity contribution in [3.63, 3.8) is 0 Å². The Hall–Kier alpha value is -0.0200. The average molecular weight is 315 g/mol. The summed E-state index contributed by atoms with van der Waals surface area (Å²) in [5.41, 5.74) is 0. The van der Waals surface area contributed by atoms with Gasteiger partial charge in [-0.05, 0) is 0 Å². The minimum absolute atomic E-state index is 2.02. The first-order valence-electron chi connectivity index (χ1n) is 3.67. The zero-order valence-electron chi connectivity index (χ0n) is 7.60. The summed E-state index contributed by atoms with van der Waals surface area (Å²) in [5, 5.41) is -8.82. The number of hydrogen-bond donors (Lipinski definition) is 0. The summed E-state index contributed by atoms with van der Waals surface area (Å²) in [4.78, 5) is 0. The van der Waals surface area contributed by atoms with E-state index in [2.05, 4.69) is 27.9 Å². The Morgan fingerprint density at radius 2 is 0.882 bits per heavy atom. The second kappa shape index (κ2) is 4.93. The highest BCUT2D eigenvalue weighted by Gasteiger charge is 2.58. The number of alkyl halides is 10. The summed E-state index contributed by atoms with van der Waals surface area (Å²) in [6.07, 6.45) is -11.1. The van der Waals surface area contributed by atoms with E-state index in [1.807, 2.05) is 0 Å². The van der Waals surface area contributed by atoms with E-state index in [1.54, 1.807) is 0 Å². The molecule has 0 amide bonds. The molecule has 0 spiro atoms. The third-order valence-corrected chi connectivity index (χ3v) is 2.04. The molecule has 0 heterocycles. The van der Waals surface area contributed by atoms with Crippen molar-refractivity contribution >= 4 is 23.2 Å². The SMILES string of the molecule is FC(F)(F)C(F)(Cl)COCC(F)(Cl)C(F)(F)F. The molecule has 104 valence electrons. The Morgan fingerprint density at radius 3 is 1.06 bits per heavy atom. The summed E-state index contributed by atoms with van der Waals surface area (Å²) >= 11 is 8.58. The van der Waals surface area contributed by atoms with Crippen LogP contribution in [0.1, 0.15) is 0 Å². The first-order chi connectivity index (χ1) is 7.21. The van der Waals surface area contributed by atoms with Crippen molar-refractivity contribution in [1.29, 1.82) is 0 Å². The summed E-state index contributed by atoms with van der Waals surface area (Å²) in [5.74, 6) is 0. The van der Waals surface area contributed by atoms with Crippen molar-refractivity contribution in [2.75, 3.05) is 13.2 Å². The Balaban J connectivity index is 4.36. The summed E-state index contributed by atoms with van der Waals surface area (Å²) < 4.78 is 99.1. The van der Waals surface area contributed by atoms with Gasteiger partial charge in [0.05, 0.1) is 0 Å². The molecule has 0 radical (unpaired) electrons. The number of ether oxygens (including phenoxy) is 1. The summed E-state index contributed by atoms with van der Waals surface area (Å²) in [6, 6.07) is 0. The molecule has 0 aromatic heterocycles. The van der Waals surface area contributed by atoms with Crippen molar-refractivity contribution in [2.45, 2.75) is 22.6 Å². The molecule has 0 rings (SSSR count). The number of halogens is 10. The van der Waals surface area contributed by atoms with E-state index < -0.39 is 35.8 Å². The van der Waals surface area contributed by atoms with Crippen LogP contribution in [-0.4, -0.2) is 35.8 Å². The minimum atomic E-state index is -5.57. The largest absolute Gasteiger partial charge is 0.439 e. The van der Waals surface area contributed by atoms with Gasteiger partial charge in [0.15, 0.2) is 0 Å². The summed E-state index contributed by atoms with van der Waals surface area (Å²) in [6.45, 7) is -4.04. The molecule has 17 heavy (non-hydrogen) atoms. The standard InChI is InChI=1S/C6H4Cl2F8O/c7-3(9,5(11,12)13)1-17-2-4(8,10)6(14,15)16/h1-2H2. The van der Waals surface area contributed by atoms with Gasteiger partial charge >= 0.3 is 22.6 Å². The molecule has 1 nitrogen and oxygen atoms in total. The highest BCUT2D eigenvalue weighted by Crippen LogP contribution is 2.40. The Labute approximate surface area is 99.6 Å². The maximum absolute atomic E-state index is 12.5. The van der Waals surface area contributed by atoms with Gasteiger partial charge in [-0.1, -0.05) is 23.2 Å². The molecule has 0 N–H and O–H groups in total. The third-order valence-electron chi connectivity index (χ3n) is 1.40. The van der Waals surface area contributed by atoms with Crippen LogP contribution in [0.4, 0.5) is 35.1 Å².